The van der Waals surface area contributed by atoms with Crippen molar-refractivity contribution in [3.8, 4) is 0 Å². The van der Waals surface area contributed by atoms with Crippen LogP contribution in [0, 0.1) is 0 Å². The second-order valence-corrected chi connectivity index (χ2v) is 0.283. The van der Waals surface area contributed by atoms with Crippen LogP contribution >= 0.6 is 0 Å². The summed E-state index contributed by atoms with van der Waals surface area (Å²) in [7, 11) is 0. The molecule has 0 aliphatic rings. The molecular formula is CH4FeMgO3. The summed E-state index contributed by atoms with van der Waals surface area (Å²) in [5.41, 5.74) is 0. The molecule has 3 nitrogen and oxygen atoms in total. The molecule has 0 aliphatic carbocycles. The molecule has 0 saturated heterocycles. The molecule has 0 spiro atoms. The maximum atomic E-state index is 8.56. The fourth-order valence-electron chi connectivity index (χ4n) is 0. The van der Waals surface area contributed by atoms with Crippen LogP contribution in [0.3, 0.4) is 0 Å². The minimum Gasteiger partial charge on any atom is -1.00 e. The van der Waals surface area contributed by atoms with E-state index in [1.54, 1.807) is 0 Å². The summed E-state index contributed by atoms with van der Waals surface area (Å²) >= 11 is 0. The number of carbonyl (C=O) groups is 1. The molecule has 0 amide bonds. The predicted octanol–water partition coefficient (Wildman–Crippen LogP) is 0.0641. The van der Waals surface area contributed by atoms with Crippen LogP contribution in [-0.4, -0.2) is 39.4 Å². The van der Waals surface area contributed by atoms with Gasteiger partial charge in [0.15, 0.2) is 0 Å². The number of hydrogen-bond donors (Lipinski definition) is 2. The molecule has 0 aromatic carbocycles. The summed E-state index contributed by atoms with van der Waals surface area (Å²) in [5.74, 6) is 0. The van der Waals surface area contributed by atoms with Gasteiger partial charge in [0, 0.05) is 17.1 Å². The van der Waals surface area contributed by atoms with Crippen molar-refractivity contribution in [3.63, 3.8) is 0 Å². The molecular weight excluding hydrogens is 140 g/mol. The average Bonchev–Trinajstić information content (AvgIpc) is 0.811. The van der Waals surface area contributed by atoms with Gasteiger partial charge >= 0.3 is 29.2 Å². The van der Waals surface area contributed by atoms with Gasteiger partial charge in [0.05, 0.1) is 0 Å². The zero-order valence-electron chi connectivity index (χ0n) is 4.86. The molecule has 0 aromatic rings. The quantitative estimate of drug-likeness (QED) is 0.473. The molecule has 0 heterocycles. The third-order valence-electron chi connectivity index (χ3n) is 0. The van der Waals surface area contributed by atoms with E-state index in [9.17, 15) is 0 Å². The van der Waals surface area contributed by atoms with Crippen LogP contribution in [0.25, 0.3) is 0 Å². The van der Waals surface area contributed by atoms with E-state index in [1.807, 2.05) is 0 Å². The first-order chi connectivity index (χ1) is 1.73. The molecule has 2 N–H and O–H groups in total. The monoisotopic (exact) mass is 144 g/mol. The largest absolute Gasteiger partial charge is 2.00 e. The Balaban J connectivity index is -0.00000000750. The summed E-state index contributed by atoms with van der Waals surface area (Å²) in [6.07, 6.45) is -1.83. The zero-order valence-corrected chi connectivity index (χ0v) is 5.38. The molecule has 0 fully saturated rings. The summed E-state index contributed by atoms with van der Waals surface area (Å²) in [6.45, 7) is 0. The second-order valence-electron chi connectivity index (χ2n) is 0.283. The normalized spacial score (nSPS) is 4.00. The Kier molecular flexibility index (Phi) is 24.3. The van der Waals surface area contributed by atoms with Gasteiger partial charge in [-0.1, -0.05) is 0 Å². The van der Waals surface area contributed by atoms with E-state index in [1.165, 1.54) is 0 Å². The number of rotatable bonds is 0. The van der Waals surface area contributed by atoms with Gasteiger partial charge in [-0.3, -0.25) is 0 Å². The van der Waals surface area contributed by atoms with Crippen LogP contribution in [0.2, 0.25) is 0 Å². The minimum absolute atomic E-state index is 0. The molecule has 0 atom stereocenters. The van der Waals surface area contributed by atoms with Crippen LogP contribution in [0.15, 0.2) is 0 Å². The standard InChI is InChI=1S/CH2O3.Fe.Mg.2H/c2-1(3)4;;;;/h(H2,2,3,4);;;;/q;;+2;2*-1. The van der Waals surface area contributed by atoms with E-state index >= 15 is 0 Å². The van der Waals surface area contributed by atoms with Gasteiger partial charge in [0.1, 0.15) is 0 Å². The van der Waals surface area contributed by atoms with E-state index in [2.05, 4.69) is 0 Å². The SMILES string of the molecule is O=C(O)O.[Fe].[H-].[H-].[Mg+2]. The van der Waals surface area contributed by atoms with Crippen LogP contribution < -0.4 is 0 Å². The van der Waals surface area contributed by atoms with Gasteiger partial charge < -0.3 is 13.1 Å². The van der Waals surface area contributed by atoms with Gasteiger partial charge in [0.2, 0.25) is 0 Å². The van der Waals surface area contributed by atoms with E-state index in [0.29, 0.717) is 0 Å². The Hall–Kier alpha value is 0.556. The Morgan fingerprint density at radius 2 is 1.50 bits per heavy atom. The molecule has 0 unspecified atom stereocenters. The molecule has 0 aliphatic heterocycles. The average molecular weight is 144 g/mol. The third-order valence-corrected chi connectivity index (χ3v) is 0. The molecule has 0 saturated carbocycles. The maximum Gasteiger partial charge on any atom is 2.00 e. The Morgan fingerprint density at radius 3 is 1.50 bits per heavy atom. The maximum absolute atomic E-state index is 8.56. The molecule has 6 heavy (non-hydrogen) atoms. The van der Waals surface area contributed by atoms with Crippen molar-refractivity contribution in [1.82, 2.24) is 0 Å². The fourth-order valence-corrected chi connectivity index (χ4v) is 0. The number of carboxylic acid groups (broad SMARTS) is 2. The van der Waals surface area contributed by atoms with E-state index in [4.69, 9.17) is 15.0 Å². The number of hydrogen-bond acceptors (Lipinski definition) is 1. The molecule has 36 valence electrons. The van der Waals surface area contributed by atoms with Crippen molar-refractivity contribution in [2.75, 3.05) is 0 Å². The smallest absolute Gasteiger partial charge is 1.00 e. The van der Waals surface area contributed by atoms with E-state index in [0.717, 1.165) is 0 Å². The third kappa shape index (κ3) is 187. The Morgan fingerprint density at radius 1 is 1.50 bits per heavy atom. The van der Waals surface area contributed by atoms with Crippen molar-refractivity contribution in [2.24, 2.45) is 0 Å². The first-order valence-corrected chi connectivity index (χ1v) is 0.651. The van der Waals surface area contributed by atoms with Crippen molar-refractivity contribution < 1.29 is 34.9 Å². The molecule has 0 bridgehead atoms. The fraction of sp³-hybridized carbons (Fsp3) is 0. The van der Waals surface area contributed by atoms with Crippen molar-refractivity contribution in [2.45, 2.75) is 0 Å². The predicted molar refractivity (Wildman–Crippen MR) is 18.6 cm³/mol. The first-order valence-electron chi connectivity index (χ1n) is 0.651. The van der Waals surface area contributed by atoms with Crippen LogP contribution in [-0.2, 0) is 17.1 Å². The van der Waals surface area contributed by atoms with Crippen LogP contribution in [0.1, 0.15) is 2.85 Å². The zero-order chi connectivity index (χ0) is 3.58. The van der Waals surface area contributed by atoms with E-state index < -0.39 is 6.16 Å². The summed E-state index contributed by atoms with van der Waals surface area (Å²) in [4.78, 5) is 8.56. The molecule has 5 heteroatoms. The van der Waals surface area contributed by atoms with Gasteiger partial charge in [-0.15, -0.1) is 0 Å². The van der Waals surface area contributed by atoms with Crippen molar-refractivity contribution in [3.05, 3.63) is 0 Å². The molecule has 0 rings (SSSR count). The summed E-state index contributed by atoms with van der Waals surface area (Å²) in [5, 5.41) is 13.9. The van der Waals surface area contributed by atoms with Gasteiger partial charge in [-0.05, 0) is 0 Å². The van der Waals surface area contributed by atoms with Gasteiger partial charge in [-0.2, -0.15) is 0 Å². The summed E-state index contributed by atoms with van der Waals surface area (Å²) < 4.78 is 0. The molecule has 0 radical (unpaired) electrons. The minimum atomic E-state index is -1.83. The Labute approximate surface area is 64.3 Å². The van der Waals surface area contributed by atoms with Crippen LogP contribution in [0.5, 0.6) is 0 Å². The van der Waals surface area contributed by atoms with Crippen molar-refractivity contribution in [1.29, 1.82) is 0 Å². The topological polar surface area (TPSA) is 57.5 Å². The van der Waals surface area contributed by atoms with E-state index in [-0.39, 0.29) is 43.0 Å². The first kappa shape index (κ1) is 16.0. The van der Waals surface area contributed by atoms with Crippen LogP contribution in [0.4, 0.5) is 4.79 Å². The molecule has 0 aromatic heterocycles. The second kappa shape index (κ2) is 9.12. The van der Waals surface area contributed by atoms with Crippen molar-refractivity contribution >= 4 is 29.2 Å². The Bertz CT molecular complexity index is 40.3. The van der Waals surface area contributed by atoms with Gasteiger partial charge in [0.25, 0.3) is 0 Å². The summed E-state index contributed by atoms with van der Waals surface area (Å²) in [6, 6.07) is 0. The van der Waals surface area contributed by atoms with Gasteiger partial charge in [-0.25, -0.2) is 4.79 Å².